The second-order valence-electron chi connectivity index (χ2n) is 6.66. The quantitative estimate of drug-likeness (QED) is 0.907. The predicted molar refractivity (Wildman–Crippen MR) is 91.2 cm³/mol. The Morgan fingerprint density at radius 1 is 1.33 bits per heavy atom. The van der Waals surface area contributed by atoms with Gasteiger partial charge in [-0.3, -0.25) is 0 Å². The molecule has 0 radical (unpaired) electrons. The molecule has 1 aliphatic carbocycles. The molecule has 1 saturated heterocycles. The summed E-state index contributed by atoms with van der Waals surface area (Å²) in [4.78, 5) is 18.8. The van der Waals surface area contributed by atoms with E-state index in [2.05, 4.69) is 10.3 Å². The van der Waals surface area contributed by atoms with Crippen molar-refractivity contribution in [3.8, 4) is 0 Å². The third-order valence-corrected chi connectivity index (χ3v) is 5.16. The van der Waals surface area contributed by atoms with E-state index in [1.807, 2.05) is 21.6 Å². The van der Waals surface area contributed by atoms with Gasteiger partial charge in [0.25, 0.3) is 0 Å². The standard InChI is InChI=1S/C17H21ClN4O2/c18-13-3-4-15-20-14(11-22(15)10-13)9-19-16(23)21-7-8-24-17(12-21)5-1-2-6-17/h3-4,10-11H,1-2,5-9,12H2,(H,19,23). The first-order chi connectivity index (χ1) is 11.6. The summed E-state index contributed by atoms with van der Waals surface area (Å²) in [6.07, 6.45) is 8.20. The molecule has 1 aliphatic heterocycles. The summed E-state index contributed by atoms with van der Waals surface area (Å²) in [6.45, 7) is 2.37. The Labute approximate surface area is 145 Å². The van der Waals surface area contributed by atoms with Crippen LogP contribution in [-0.4, -0.2) is 45.6 Å². The zero-order valence-electron chi connectivity index (χ0n) is 13.5. The average Bonchev–Trinajstić information content (AvgIpc) is 3.19. The number of carbonyl (C=O) groups is 1. The van der Waals surface area contributed by atoms with Crippen LogP contribution < -0.4 is 5.32 Å². The number of nitrogens with one attached hydrogen (secondary N) is 1. The fraction of sp³-hybridized carbons (Fsp3) is 0.529. The SMILES string of the molecule is O=C(NCc1cn2cc(Cl)ccc2n1)N1CCOC2(CCCC2)C1. The van der Waals surface area contributed by atoms with Crippen LogP contribution >= 0.6 is 11.6 Å². The van der Waals surface area contributed by atoms with E-state index in [0.29, 0.717) is 31.3 Å². The molecule has 0 unspecified atom stereocenters. The van der Waals surface area contributed by atoms with E-state index in [9.17, 15) is 4.79 Å². The van der Waals surface area contributed by atoms with E-state index in [4.69, 9.17) is 16.3 Å². The summed E-state index contributed by atoms with van der Waals surface area (Å²) in [5, 5.41) is 3.63. The molecule has 2 amide bonds. The lowest BCUT2D eigenvalue weighted by Gasteiger charge is -2.40. The van der Waals surface area contributed by atoms with Crippen molar-refractivity contribution in [2.24, 2.45) is 0 Å². The van der Waals surface area contributed by atoms with Crippen LogP contribution in [0.3, 0.4) is 0 Å². The number of urea groups is 1. The maximum Gasteiger partial charge on any atom is 0.317 e. The zero-order valence-corrected chi connectivity index (χ0v) is 14.3. The normalized spacial score (nSPS) is 20.0. The van der Waals surface area contributed by atoms with Crippen molar-refractivity contribution in [2.45, 2.75) is 37.8 Å². The lowest BCUT2D eigenvalue weighted by atomic mass is 10.00. The number of fused-ring (bicyclic) bond motifs is 1. The van der Waals surface area contributed by atoms with Gasteiger partial charge in [0.2, 0.25) is 0 Å². The highest BCUT2D eigenvalue weighted by Crippen LogP contribution is 2.35. The smallest absolute Gasteiger partial charge is 0.317 e. The summed E-state index contributed by atoms with van der Waals surface area (Å²) in [5.74, 6) is 0. The molecule has 2 aliphatic rings. The van der Waals surface area contributed by atoms with Gasteiger partial charge in [-0.1, -0.05) is 24.4 Å². The largest absolute Gasteiger partial charge is 0.371 e. The third-order valence-electron chi connectivity index (χ3n) is 4.94. The Morgan fingerprint density at radius 2 is 2.17 bits per heavy atom. The molecular weight excluding hydrogens is 328 g/mol. The van der Waals surface area contributed by atoms with Crippen molar-refractivity contribution in [1.29, 1.82) is 0 Å². The Kier molecular flexibility index (Phi) is 4.10. The summed E-state index contributed by atoms with van der Waals surface area (Å²) >= 11 is 5.98. The maximum atomic E-state index is 12.5. The minimum absolute atomic E-state index is 0.0420. The van der Waals surface area contributed by atoms with E-state index >= 15 is 0 Å². The fourth-order valence-electron chi connectivity index (χ4n) is 3.72. The monoisotopic (exact) mass is 348 g/mol. The predicted octanol–water partition coefficient (Wildman–Crippen LogP) is 2.84. The van der Waals surface area contributed by atoms with E-state index in [1.54, 1.807) is 12.3 Å². The molecule has 4 rings (SSSR count). The van der Waals surface area contributed by atoms with Crippen LogP contribution in [0, 0.1) is 0 Å². The van der Waals surface area contributed by atoms with Crippen LogP contribution in [0.25, 0.3) is 5.65 Å². The van der Waals surface area contributed by atoms with Gasteiger partial charge < -0.3 is 19.4 Å². The summed E-state index contributed by atoms with van der Waals surface area (Å²) < 4.78 is 7.84. The summed E-state index contributed by atoms with van der Waals surface area (Å²) in [7, 11) is 0. The number of pyridine rings is 1. The number of aromatic nitrogens is 2. The van der Waals surface area contributed by atoms with Crippen molar-refractivity contribution in [3.63, 3.8) is 0 Å². The number of amides is 2. The van der Waals surface area contributed by atoms with Gasteiger partial charge in [0.05, 0.1) is 36.0 Å². The zero-order chi connectivity index (χ0) is 16.6. The van der Waals surface area contributed by atoms with E-state index < -0.39 is 0 Å². The third kappa shape index (κ3) is 3.08. The van der Waals surface area contributed by atoms with Gasteiger partial charge in [-0.25, -0.2) is 9.78 Å². The van der Waals surface area contributed by atoms with Crippen LogP contribution in [-0.2, 0) is 11.3 Å². The van der Waals surface area contributed by atoms with Crippen molar-refractivity contribution in [1.82, 2.24) is 19.6 Å². The Balaban J connectivity index is 1.38. The molecule has 0 bridgehead atoms. The molecule has 6 nitrogen and oxygen atoms in total. The van der Waals surface area contributed by atoms with Gasteiger partial charge in [0.1, 0.15) is 5.65 Å². The number of imidazole rings is 1. The molecule has 0 atom stereocenters. The van der Waals surface area contributed by atoms with Crippen LogP contribution in [0.2, 0.25) is 5.02 Å². The van der Waals surface area contributed by atoms with Crippen LogP contribution in [0.4, 0.5) is 4.79 Å². The second-order valence-corrected chi connectivity index (χ2v) is 7.10. The topological polar surface area (TPSA) is 58.9 Å². The minimum atomic E-state index is -0.102. The number of rotatable bonds is 2. The van der Waals surface area contributed by atoms with Crippen LogP contribution in [0.15, 0.2) is 24.5 Å². The summed E-state index contributed by atoms with van der Waals surface area (Å²) in [5.41, 5.74) is 1.53. The van der Waals surface area contributed by atoms with E-state index in [0.717, 1.165) is 24.2 Å². The van der Waals surface area contributed by atoms with Crippen LogP contribution in [0.5, 0.6) is 0 Å². The number of ether oxygens (including phenoxy) is 1. The van der Waals surface area contributed by atoms with Gasteiger partial charge >= 0.3 is 6.03 Å². The van der Waals surface area contributed by atoms with Gasteiger partial charge in [-0.2, -0.15) is 0 Å². The van der Waals surface area contributed by atoms with Crippen molar-refractivity contribution < 1.29 is 9.53 Å². The second kappa shape index (κ2) is 6.26. The number of nitrogens with zero attached hydrogens (tertiary/aromatic N) is 3. The fourth-order valence-corrected chi connectivity index (χ4v) is 3.89. The van der Waals surface area contributed by atoms with Gasteiger partial charge in [-0.15, -0.1) is 0 Å². The molecule has 1 spiro atoms. The molecule has 3 heterocycles. The van der Waals surface area contributed by atoms with Crippen molar-refractivity contribution in [3.05, 3.63) is 35.2 Å². The number of carbonyl (C=O) groups excluding carboxylic acids is 1. The Hall–Kier alpha value is -1.79. The summed E-state index contributed by atoms with van der Waals surface area (Å²) in [6, 6.07) is 3.63. The molecular formula is C17H21ClN4O2. The first-order valence-electron chi connectivity index (χ1n) is 8.43. The highest BCUT2D eigenvalue weighted by Gasteiger charge is 2.40. The van der Waals surface area contributed by atoms with Crippen LogP contribution in [0.1, 0.15) is 31.4 Å². The molecule has 2 aromatic heterocycles. The number of halogens is 1. The van der Waals surface area contributed by atoms with Crippen molar-refractivity contribution in [2.75, 3.05) is 19.7 Å². The van der Waals surface area contributed by atoms with Gasteiger partial charge in [0.15, 0.2) is 0 Å². The molecule has 128 valence electrons. The van der Waals surface area contributed by atoms with Crippen molar-refractivity contribution >= 4 is 23.3 Å². The van der Waals surface area contributed by atoms with E-state index in [-0.39, 0.29) is 11.6 Å². The van der Waals surface area contributed by atoms with E-state index in [1.165, 1.54) is 12.8 Å². The highest BCUT2D eigenvalue weighted by molar-refractivity contribution is 6.30. The number of hydrogen-bond acceptors (Lipinski definition) is 3. The highest BCUT2D eigenvalue weighted by atomic mass is 35.5. The first kappa shape index (κ1) is 15.7. The number of hydrogen-bond donors (Lipinski definition) is 1. The lowest BCUT2D eigenvalue weighted by Crippen LogP contribution is -2.54. The minimum Gasteiger partial charge on any atom is -0.371 e. The maximum absolute atomic E-state index is 12.5. The Bertz CT molecular complexity index is 754. The molecule has 0 aromatic carbocycles. The molecule has 2 fully saturated rings. The lowest BCUT2D eigenvalue weighted by molar-refractivity contribution is -0.0925. The average molecular weight is 349 g/mol. The number of morpholine rings is 1. The first-order valence-corrected chi connectivity index (χ1v) is 8.81. The molecule has 7 heteroatoms. The molecule has 1 N–H and O–H groups in total. The molecule has 24 heavy (non-hydrogen) atoms. The van der Waals surface area contributed by atoms with Gasteiger partial charge in [-0.05, 0) is 25.0 Å². The molecule has 1 saturated carbocycles. The van der Waals surface area contributed by atoms with Gasteiger partial charge in [0, 0.05) is 18.9 Å². The molecule has 2 aromatic rings. The Morgan fingerprint density at radius 3 is 3.00 bits per heavy atom.